The lowest BCUT2D eigenvalue weighted by Gasteiger charge is -2.35. The van der Waals surface area contributed by atoms with E-state index in [0.29, 0.717) is 19.3 Å². The highest BCUT2D eigenvalue weighted by atomic mass is 16.6. The van der Waals surface area contributed by atoms with Gasteiger partial charge in [-0.25, -0.2) is 4.79 Å². The van der Waals surface area contributed by atoms with Crippen molar-refractivity contribution >= 4 is 5.97 Å². The molecule has 0 radical (unpaired) electrons. The standard InChI is InChI=1S/C28H44O7/c1-8-19(17-29)12-18(2)23-15-22(32-5)16-25(30)28(3,4)21-11-9-10-20(13-21)14-24(33-6)26(34-7)27(31)35-23/h9-13,19,22-26,29-30H,8,14-17H2,1-7H3/b18-12-/t19-,22-,23?,24-,25+,26+/m1/s1. The van der Waals surface area contributed by atoms with E-state index in [1.54, 1.807) is 14.2 Å². The number of carbonyl (C=O) groups excluding carboxylic acids is 1. The van der Waals surface area contributed by atoms with Crippen LogP contribution < -0.4 is 0 Å². The number of esters is 1. The minimum absolute atomic E-state index is 0.0132. The summed E-state index contributed by atoms with van der Waals surface area (Å²) in [5.41, 5.74) is 2.28. The van der Waals surface area contributed by atoms with Crippen LogP contribution in [-0.4, -0.2) is 74.6 Å². The Bertz CT molecular complexity index is 830. The summed E-state index contributed by atoms with van der Waals surface area (Å²) in [4.78, 5) is 13.3. The summed E-state index contributed by atoms with van der Waals surface area (Å²) < 4.78 is 23.0. The number of aliphatic hydroxyl groups is 2. The number of cyclic esters (lactones) is 1. The minimum Gasteiger partial charge on any atom is -0.456 e. The third kappa shape index (κ3) is 7.61. The maximum Gasteiger partial charge on any atom is 0.338 e. The third-order valence-electron chi connectivity index (χ3n) is 7.39. The van der Waals surface area contributed by atoms with Crippen LogP contribution in [-0.2, 0) is 35.6 Å². The highest BCUT2D eigenvalue weighted by Gasteiger charge is 2.37. The zero-order valence-electron chi connectivity index (χ0n) is 22.3. The van der Waals surface area contributed by atoms with E-state index in [4.69, 9.17) is 18.9 Å². The maximum absolute atomic E-state index is 13.3. The first-order valence-corrected chi connectivity index (χ1v) is 12.5. The zero-order valence-corrected chi connectivity index (χ0v) is 22.3. The Morgan fingerprint density at radius 3 is 2.49 bits per heavy atom. The number of hydrogen-bond acceptors (Lipinski definition) is 7. The van der Waals surface area contributed by atoms with Gasteiger partial charge in [-0.2, -0.15) is 0 Å². The van der Waals surface area contributed by atoms with Crippen LogP contribution in [0.15, 0.2) is 35.9 Å². The molecule has 1 aliphatic heterocycles. The van der Waals surface area contributed by atoms with Crippen molar-refractivity contribution in [2.45, 2.75) is 89.3 Å². The molecule has 0 aliphatic carbocycles. The Labute approximate surface area is 210 Å². The quantitative estimate of drug-likeness (QED) is 0.444. The van der Waals surface area contributed by atoms with Crippen molar-refractivity contribution in [3.05, 3.63) is 47.0 Å². The SMILES string of the molecule is CC[C@H](/C=C(/C)C1C[C@@H](OC)C[C@H](O)C(C)(C)c2cccc(c2)C[C@@H](OC)[C@H](OC)C(=O)O1)CO. The lowest BCUT2D eigenvalue weighted by molar-refractivity contribution is -0.169. The van der Waals surface area contributed by atoms with Crippen molar-refractivity contribution in [3.8, 4) is 0 Å². The lowest BCUT2D eigenvalue weighted by Crippen LogP contribution is -2.43. The van der Waals surface area contributed by atoms with E-state index in [2.05, 4.69) is 6.07 Å². The van der Waals surface area contributed by atoms with Crippen LogP contribution in [0.5, 0.6) is 0 Å². The van der Waals surface area contributed by atoms with Gasteiger partial charge in [-0.15, -0.1) is 0 Å². The average molecular weight is 493 g/mol. The number of hydrogen-bond donors (Lipinski definition) is 2. The van der Waals surface area contributed by atoms with Gasteiger partial charge in [0.1, 0.15) is 6.10 Å². The molecule has 1 heterocycles. The number of fused-ring (bicyclic) bond motifs is 2. The molecule has 7 heteroatoms. The van der Waals surface area contributed by atoms with Gasteiger partial charge in [0.2, 0.25) is 0 Å². The van der Waals surface area contributed by atoms with Crippen LogP contribution in [0, 0.1) is 5.92 Å². The Kier molecular flexibility index (Phi) is 11.4. The zero-order chi connectivity index (χ0) is 26.2. The Balaban J connectivity index is 2.54. The second-order valence-electron chi connectivity index (χ2n) is 10.1. The largest absolute Gasteiger partial charge is 0.456 e. The van der Waals surface area contributed by atoms with Crippen LogP contribution in [0.3, 0.4) is 0 Å². The van der Waals surface area contributed by atoms with Crippen molar-refractivity contribution in [1.29, 1.82) is 0 Å². The normalized spacial score (nSPS) is 29.2. The van der Waals surface area contributed by atoms with Gasteiger partial charge >= 0.3 is 5.97 Å². The van der Waals surface area contributed by atoms with E-state index in [9.17, 15) is 15.0 Å². The highest BCUT2D eigenvalue weighted by Crippen LogP contribution is 2.33. The fourth-order valence-corrected chi connectivity index (χ4v) is 4.62. The molecule has 0 spiro atoms. The molecule has 1 unspecified atom stereocenters. The molecule has 198 valence electrons. The van der Waals surface area contributed by atoms with Crippen LogP contribution in [0.4, 0.5) is 0 Å². The number of rotatable bonds is 7. The number of aliphatic hydroxyl groups excluding tert-OH is 2. The number of methoxy groups -OCH3 is 3. The molecule has 0 fully saturated rings. The summed E-state index contributed by atoms with van der Waals surface area (Å²) in [5.74, 6) is -0.555. The van der Waals surface area contributed by atoms with Crippen LogP contribution in [0.1, 0.15) is 58.1 Å². The molecule has 1 aliphatic rings. The van der Waals surface area contributed by atoms with Gasteiger partial charge in [-0.05, 0) is 30.0 Å². The summed E-state index contributed by atoms with van der Waals surface area (Å²) in [5, 5.41) is 21.0. The summed E-state index contributed by atoms with van der Waals surface area (Å²) in [6.45, 7) is 7.96. The van der Waals surface area contributed by atoms with Gasteiger partial charge in [0.15, 0.2) is 6.10 Å². The van der Waals surface area contributed by atoms with E-state index in [1.807, 2.05) is 52.0 Å². The van der Waals surface area contributed by atoms with Gasteiger partial charge in [-0.1, -0.05) is 51.1 Å². The van der Waals surface area contributed by atoms with Gasteiger partial charge in [-0.3, -0.25) is 0 Å². The van der Waals surface area contributed by atoms with Crippen molar-refractivity contribution in [2.75, 3.05) is 27.9 Å². The molecule has 2 bridgehead atoms. The monoisotopic (exact) mass is 492 g/mol. The molecule has 2 rings (SSSR count). The van der Waals surface area contributed by atoms with Gasteiger partial charge < -0.3 is 29.2 Å². The Morgan fingerprint density at radius 2 is 1.91 bits per heavy atom. The van der Waals surface area contributed by atoms with E-state index < -0.39 is 35.8 Å². The van der Waals surface area contributed by atoms with Crippen molar-refractivity contribution < 1.29 is 34.0 Å². The molecule has 7 nitrogen and oxygen atoms in total. The molecular weight excluding hydrogens is 448 g/mol. The number of ether oxygens (including phenoxy) is 4. The molecule has 0 amide bonds. The molecule has 2 N–H and O–H groups in total. The molecule has 0 saturated heterocycles. The number of carbonyl (C=O) groups is 1. The second kappa shape index (κ2) is 13.5. The smallest absolute Gasteiger partial charge is 0.338 e. The molecule has 0 aromatic heterocycles. The Hall–Kier alpha value is -1.77. The number of benzene rings is 1. The van der Waals surface area contributed by atoms with Gasteiger partial charge in [0.05, 0.1) is 18.3 Å². The predicted molar refractivity (Wildman–Crippen MR) is 135 cm³/mol. The van der Waals surface area contributed by atoms with Crippen molar-refractivity contribution in [3.63, 3.8) is 0 Å². The first kappa shape index (κ1) is 29.5. The third-order valence-corrected chi connectivity index (χ3v) is 7.39. The van der Waals surface area contributed by atoms with Crippen LogP contribution in [0.25, 0.3) is 0 Å². The molecular formula is C28H44O7. The predicted octanol–water partition coefficient (Wildman–Crippen LogP) is 3.58. The Morgan fingerprint density at radius 1 is 1.20 bits per heavy atom. The van der Waals surface area contributed by atoms with E-state index in [-0.39, 0.29) is 18.6 Å². The first-order chi connectivity index (χ1) is 16.6. The van der Waals surface area contributed by atoms with Crippen LogP contribution in [0.2, 0.25) is 0 Å². The first-order valence-electron chi connectivity index (χ1n) is 12.5. The molecule has 1 aromatic rings. The van der Waals surface area contributed by atoms with Crippen molar-refractivity contribution in [2.24, 2.45) is 5.92 Å². The topological polar surface area (TPSA) is 94.5 Å². The summed E-state index contributed by atoms with van der Waals surface area (Å²) >= 11 is 0. The minimum atomic E-state index is -0.915. The summed E-state index contributed by atoms with van der Waals surface area (Å²) in [7, 11) is 4.64. The fraction of sp³-hybridized carbons (Fsp3) is 0.679. The summed E-state index contributed by atoms with van der Waals surface area (Å²) in [6.07, 6.45) is 0.806. The fourth-order valence-electron chi connectivity index (χ4n) is 4.62. The second-order valence-corrected chi connectivity index (χ2v) is 10.1. The molecule has 35 heavy (non-hydrogen) atoms. The molecule has 1 aromatic carbocycles. The van der Waals surface area contributed by atoms with Crippen molar-refractivity contribution in [1.82, 2.24) is 0 Å². The average Bonchev–Trinajstić information content (AvgIpc) is 2.85. The molecule has 6 atom stereocenters. The lowest BCUT2D eigenvalue weighted by atomic mass is 9.76. The van der Waals surface area contributed by atoms with E-state index >= 15 is 0 Å². The highest BCUT2D eigenvalue weighted by molar-refractivity contribution is 5.76. The van der Waals surface area contributed by atoms with E-state index in [0.717, 1.165) is 23.1 Å². The maximum atomic E-state index is 13.3. The van der Waals surface area contributed by atoms with Crippen LogP contribution >= 0.6 is 0 Å². The summed E-state index contributed by atoms with van der Waals surface area (Å²) in [6, 6.07) is 8.01. The van der Waals surface area contributed by atoms with E-state index in [1.165, 1.54) is 7.11 Å². The molecule has 0 saturated carbocycles. The van der Waals surface area contributed by atoms with Gasteiger partial charge in [0.25, 0.3) is 0 Å². The van der Waals surface area contributed by atoms with Gasteiger partial charge in [0, 0.05) is 58.5 Å².